The highest BCUT2D eigenvalue weighted by Crippen LogP contribution is 2.26. The van der Waals surface area contributed by atoms with E-state index in [1.165, 1.54) is 18.5 Å². The molecule has 0 bridgehead atoms. The maximum Gasteiger partial charge on any atom is 0.228 e. The molecular weight excluding hydrogens is 362 g/mol. The Balaban J connectivity index is 1.62. The van der Waals surface area contributed by atoms with Gasteiger partial charge >= 0.3 is 0 Å². The van der Waals surface area contributed by atoms with E-state index < -0.39 is 0 Å². The van der Waals surface area contributed by atoms with Gasteiger partial charge in [-0.15, -0.1) is 0 Å². The Bertz CT molecular complexity index is 812. The van der Waals surface area contributed by atoms with Crippen LogP contribution in [0.3, 0.4) is 0 Å². The summed E-state index contributed by atoms with van der Waals surface area (Å²) in [5, 5.41) is 0. The van der Waals surface area contributed by atoms with Crippen molar-refractivity contribution in [1.29, 1.82) is 0 Å². The van der Waals surface area contributed by atoms with Gasteiger partial charge in [0.25, 0.3) is 0 Å². The van der Waals surface area contributed by atoms with E-state index in [9.17, 15) is 9.59 Å². The summed E-state index contributed by atoms with van der Waals surface area (Å²) in [6.45, 7) is 6.38. The molecule has 1 aliphatic heterocycles. The second kappa shape index (κ2) is 9.59. The lowest BCUT2D eigenvalue weighted by molar-refractivity contribution is -0.118. The molecule has 5 heteroatoms. The number of benzene rings is 2. The fourth-order valence-corrected chi connectivity index (χ4v) is 3.75. The van der Waals surface area contributed by atoms with Gasteiger partial charge in [-0.1, -0.05) is 25.1 Å². The van der Waals surface area contributed by atoms with Crippen molar-refractivity contribution in [2.45, 2.75) is 33.1 Å². The second-order valence-corrected chi connectivity index (χ2v) is 7.89. The third-order valence-electron chi connectivity index (χ3n) is 5.76. The molecule has 3 rings (SSSR count). The average Bonchev–Trinajstić information content (AvgIpc) is 2.74. The molecule has 2 amide bonds. The molecule has 0 aliphatic carbocycles. The molecule has 1 heterocycles. The van der Waals surface area contributed by atoms with Crippen molar-refractivity contribution in [2.75, 3.05) is 41.4 Å². The first-order valence-electron chi connectivity index (χ1n) is 10.4. The zero-order chi connectivity index (χ0) is 20.8. The lowest BCUT2D eigenvalue weighted by Crippen LogP contribution is -2.35. The number of nitrogens with zero attached hydrogens (tertiary/aromatic N) is 3. The molecular formula is C24H31N3O2. The number of para-hydroxylation sites is 1. The van der Waals surface area contributed by atoms with Gasteiger partial charge in [0.1, 0.15) is 0 Å². The number of piperidine rings is 1. The van der Waals surface area contributed by atoms with Crippen LogP contribution in [0, 0.1) is 5.92 Å². The van der Waals surface area contributed by atoms with Crippen LogP contribution in [0.1, 0.15) is 33.1 Å². The second-order valence-electron chi connectivity index (χ2n) is 7.89. The summed E-state index contributed by atoms with van der Waals surface area (Å²) in [7, 11) is 1.77. The average molecular weight is 394 g/mol. The quantitative estimate of drug-likeness (QED) is 0.734. The van der Waals surface area contributed by atoms with Crippen LogP contribution < -0.4 is 14.7 Å². The number of anilines is 3. The number of carbonyl (C=O) groups is 2. The van der Waals surface area contributed by atoms with Gasteiger partial charge in [0.15, 0.2) is 0 Å². The zero-order valence-corrected chi connectivity index (χ0v) is 17.7. The first kappa shape index (κ1) is 20.9. The first-order chi connectivity index (χ1) is 14.0. The fourth-order valence-electron chi connectivity index (χ4n) is 3.75. The third kappa shape index (κ3) is 5.37. The molecule has 1 aliphatic rings. The molecule has 2 aromatic carbocycles. The molecule has 0 saturated carbocycles. The van der Waals surface area contributed by atoms with Crippen molar-refractivity contribution in [3.05, 3.63) is 54.6 Å². The van der Waals surface area contributed by atoms with Crippen molar-refractivity contribution in [3.63, 3.8) is 0 Å². The lowest BCUT2D eigenvalue weighted by atomic mass is 9.99. The molecule has 0 unspecified atom stereocenters. The summed E-state index contributed by atoms with van der Waals surface area (Å²) < 4.78 is 0. The van der Waals surface area contributed by atoms with Gasteiger partial charge in [0.05, 0.1) is 0 Å². The topological polar surface area (TPSA) is 43.9 Å². The summed E-state index contributed by atoms with van der Waals surface area (Å²) in [6, 6.07) is 17.7. The third-order valence-corrected chi connectivity index (χ3v) is 5.76. The Morgan fingerprint density at radius 3 is 2.17 bits per heavy atom. The van der Waals surface area contributed by atoms with E-state index in [1.807, 2.05) is 42.5 Å². The summed E-state index contributed by atoms with van der Waals surface area (Å²) in [4.78, 5) is 30.5. The minimum absolute atomic E-state index is 0.0125. The molecule has 0 spiro atoms. The van der Waals surface area contributed by atoms with E-state index in [2.05, 4.69) is 24.0 Å². The zero-order valence-electron chi connectivity index (χ0n) is 17.7. The Kier molecular flexibility index (Phi) is 6.91. The minimum Gasteiger partial charge on any atom is -0.372 e. The van der Waals surface area contributed by atoms with Crippen molar-refractivity contribution in [2.24, 2.45) is 5.92 Å². The van der Waals surface area contributed by atoms with E-state index in [-0.39, 0.29) is 18.2 Å². The number of hydrogen-bond acceptors (Lipinski definition) is 3. The number of carbonyl (C=O) groups excluding carboxylic acids is 2. The Morgan fingerprint density at radius 1 is 0.966 bits per heavy atom. The van der Waals surface area contributed by atoms with Gasteiger partial charge in [0.2, 0.25) is 11.8 Å². The van der Waals surface area contributed by atoms with Crippen LogP contribution in [0.2, 0.25) is 0 Å². The van der Waals surface area contributed by atoms with Gasteiger partial charge < -0.3 is 14.7 Å². The van der Waals surface area contributed by atoms with Crippen molar-refractivity contribution in [3.8, 4) is 0 Å². The Labute approximate surface area is 173 Å². The maximum atomic E-state index is 12.6. The van der Waals surface area contributed by atoms with E-state index in [0.29, 0.717) is 6.54 Å². The summed E-state index contributed by atoms with van der Waals surface area (Å²) in [6.07, 6.45) is 2.72. The molecule has 0 N–H and O–H groups in total. The van der Waals surface area contributed by atoms with Gasteiger partial charge in [-0.2, -0.15) is 0 Å². The smallest absolute Gasteiger partial charge is 0.228 e. The van der Waals surface area contributed by atoms with E-state index >= 15 is 0 Å². The first-order valence-corrected chi connectivity index (χ1v) is 10.4. The van der Waals surface area contributed by atoms with Crippen LogP contribution in [-0.4, -0.2) is 38.5 Å². The number of hydrogen-bond donors (Lipinski definition) is 0. The van der Waals surface area contributed by atoms with Gasteiger partial charge in [-0.25, -0.2) is 0 Å². The van der Waals surface area contributed by atoms with Crippen LogP contribution in [0.4, 0.5) is 17.1 Å². The lowest BCUT2D eigenvalue weighted by Gasteiger charge is -2.32. The van der Waals surface area contributed by atoms with Crippen LogP contribution in [-0.2, 0) is 9.59 Å². The van der Waals surface area contributed by atoms with E-state index in [0.717, 1.165) is 30.4 Å². The molecule has 1 saturated heterocycles. The highest BCUT2D eigenvalue weighted by Gasteiger charge is 2.18. The van der Waals surface area contributed by atoms with Crippen LogP contribution >= 0.6 is 0 Å². The molecule has 29 heavy (non-hydrogen) atoms. The molecule has 0 atom stereocenters. The minimum atomic E-state index is -0.0558. The highest BCUT2D eigenvalue weighted by atomic mass is 16.2. The normalized spacial score (nSPS) is 14.5. The van der Waals surface area contributed by atoms with Gasteiger partial charge in [-0.05, 0) is 55.2 Å². The predicted molar refractivity (Wildman–Crippen MR) is 120 cm³/mol. The van der Waals surface area contributed by atoms with Crippen LogP contribution in [0.15, 0.2) is 54.6 Å². The van der Waals surface area contributed by atoms with E-state index in [1.54, 1.807) is 23.8 Å². The van der Waals surface area contributed by atoms with Gasteiger partial charge in [0, 0.05) is 57.1 Å². The van der Waals surface area contributed by atoms with Crippen molar-refractivity contribution < 1.29 is 9.59 Å². The summed E-state index contributed by atoms with van der Waals surface area (Å²) in [5.74, 6) is 0.728. The molecule has 2 aromatic rings. The predicted octanol–water partition coefficient (Wildman–Crippen LogP) is 4.33. The molecule has 1 fully saturated rings. The highest BCUT2D eigenvalue weighted by molar-refractivity contribution is 5.95. The Morgan fingerprint density at radius 2 is 1.59 bits per heavy atom. The van der Waals surface area contributed by atoms with Crippen molar-refractivity contribution in [1.82, 2.24) is 0 Å². The standard InChI is InChI=1S/C24H31N3O2/c1-19-13-16-26(17-14-19)22-9-11-23(12-10-22)27(20(2)28)18-15-24(29)25(3)21-7-5-4-6-8-21/h4-12,19H,13-18H2,1-3H3. The number of rotatable bonds is 6. The summed E-state index contributed by atoms with van der Waals surface area (Å²) in [5.41, 5.74) is 2.89. The molecule has 154 valence electrons. The number of amides is 2. The monoisotopic (exact) mass is 393 g/mol. The van der Waals surface area contributed by atoms with Crippen LogP contribution in [0.25, 0.3) is 0 Å². The largest absolute Gasteiger partial charge is 0.372 e. The SMILES string of the molecule is CC(=O)N(CCC(=O)N(C)c1ccccc1)c1ccc(N2CCC(C)CC2)cc1. The van der Waals surface area contributed by atoms with Crippen molar-refractivity contribution >= 4 is 28.9 Å². The Hall–Kier alpha value is -2.82. The van der Waals surface area contributed by atoms with E-state index in [4.69, 9.17) is 0 Å². The summed E-state index contributed by atoms with van der Waals surface area (Å²) >= 11 is 0. The molecule has 5 nitrogen and oxygen atoms in total. The van der Waals surface area contributed by atoms with Crippen LogP contribution in [0.5, 0.6) is 0 Å². The van der Waals surface area contributed by atoms with Gasteiger partial charge in [-0.3, -0.25) is 9.59 Å². The fraction of sp³-hybridized carbons (Fsp3) is 0.417. The maximum absolute atomic E-state index is 12.6. The molecule has 0 aromatic heterocycles. The molecule has 0 radical (unpaired) electrons.